The third kappa shape index (κ3) is 7.94. The van der Waals surface area contributed by atoms with E-state index in [1.165, 1.54) is 7.11 Å². The third-order valence-electron chi connectivity index (χ3n) is 3.67. The highest BCUT2D eigenvalue weighted by atomic mass is 16.5. The molecular weight excluding hydrogens is 348 g/mol. The second kappa shape index (κ2) is 11.0. The molecule has 0 aliphatic rings. The third-order valence-corrected chi connectivity index (χ3v) is 3.67. The molecule has 0 aliphatic heterocycles. The summed E-state index contributed by atoms with van der Waals surface area (Å²) >= 11 is 0. The highest BCUT2D eigenvalue weighted by molar-refractivity contribution is 5.96. The molecule has 0 aliphatic carbocycles. The summed E-state index contributed by atoms with van der Waals surface area (Å²) in [7, 11) is 1.24. The highest BCUT2D eigenvalue weighted by Crippen LogP contribution is 2.09. The summed E-state index contributed by atoms with van der Waals surface area (Å²) in [6.45, 7) is 7.33. The van der Waals surface area contributed by atoms with Gasteiger partial charge in [0.1, 0.15) is 18.3 Å². The molecule has 0 saturated heterocycles. The van der Waals surface area contributed by atoms with Crippen molar-refractivity contribution in [3.05, 3.63) is 47.2 Å². The van der Waals surface area contributed by atoms with Gasteiger partial charge < -0.3 is 20.1 Å². The van der Waals surface area contributed by atoms with Crippen LogP contribution in [-0.2, 0) is 25.7 Å². The Balaban J connectivity index is 2.76. The Bertz CT molecular complexity index is 679. The first kappa shape index (κ1) is 22.2. The van der Waals surface area contributed by atoms with Gasteiger partial charge in [0.25, 0.3) is 0 Å². The molecule has 27 heavy (non-hydrogen) atoms. The van der Waals surface area contributed by atoms with Crippen molar-refractivity contribution in [2.24, 2.45) is 5.92 Å². The molecule has 0 saturated carbocycles. The minimum absolute atomic E-state index is 0.0655. The summed E-state index contributed by atoms with van der Waals surface area (Å²) in [4.78, 5) is 36.5. The lowest BCUT2D eigenvalue weighted by molar-refractivity contribution is -0.138. The molecule has 0 unspecified atom stereocenters. The number of benzene rings is 1. The van der Waals surface area contributed by atoms with Gasteiger partial charge >= 0.3 is 12.1 Å². The largest absolute Gasteiger partial charge is 0.464 e. The highest BCUT2D eigenvalue weighted by Gasteiger charge is 2.25. The van der Waals surface area contributed by atoms with Gasteiger partial charge in [-0.1, -0.05) is 44.2 Å². The van der Waals surface area contributed by atoms with Crippen LogP contribution in [0.25, 0.3) is 0 Å². The Labute approximate surface area is 160 Å². The molecule has 148 valence electrons. The van der Waals surface area contributed by atoms with Crippen LogP contribution in [0, 0.1) is 5.92 Å². The van der Waals surface area contributed by atoms with E-state index < -0.39 is 24.0 Å². The zero-order valence-electron chi connectivity index (χ0n) is 16.5. The van der Waals surface area contributed by atoms with E-state index in [0.29, 0.717) is 12.0 Å². The maximum absolute atomic E-state index is 12.6. The van der Waals surface area contributed by atoms with E-state index >= 15 is 0 Å². The first-order valence-electron chi connectivity index (χ1n) is 8.78. The Kier molecular flexibility index (Phi) is 9.05. The van der Waals surface area contributed by atoms with Crippen molar-refractivity contribution < 1.29 is 23.9 Å². The molecule has 1 atom stereocenters. The minimum atomic E-state index is -0.840. The topological polar surface area (TPSA) is 93.7 Å². The number of rotatable bonds is 8. The molecule has 1 aromatic carbocycles. The van der Waals surface area contributed by atoms with E-state index in [4.69, 9.17) is 4.74 Å². The zero-order valence-corrected chi connectivity index (χ0v) is 16.5. The van der Waals surface area contributed by atoms with Gasteiger partial charge in [-0.25, -0.2) is 9.59 Å². The standard InChI is InChI=1S/C20H28N2O5/c1-13(2)11-16(18(23)22-17(14(3)4)19(24)26-5)21-20(25)27-12-15-9-7-6-8-10-15/h6-10,13,16H,11-12H2,1-5H3,(H,21,25)(H,22,23)/t16-/m0/s1. The fraction of sp³-hybridized carbons (Fsp3) is 0.450. The molecule has 0 spiro atoms. The van der Waals surface area contributed by atoms with Gasteiger partial charge in [0.05, 0.1) is 7.11 Å². The lowest BCUT2D eigenvalue weighted by atomic mass is 10.0. The summed E-state index contributed by atoms with van der Waals surface area (Å²) in [5, 5.41) is 5.12. The summed E-state index contributed by atoms with van der Waals surface area (Å²) in [5.74, 6) is -0.997. The van der Waals surface area contributed by atoms with E-state index in [2.05, 4.69) is 15.4 Å². The number of allylic oxidation sites excluding steroid dienone is 1. The van der Waals surface area contributed by atoms with E-state index in [-0.39, 0.29) is 18.2 Å². The van der Waals surface area contributed by atoms with Crippen LogP contribution >= 0.6 is 0 Å². The van der Waals surface area contributed by atoms with Crippen molar-refractivity contribution in [2.45, 2.75) is 46.8 Å². The van der Waals surface area contributed by atoms with Gasteiger partial charge in [0.2, 0.25) is 5.91 Å². The van der Waals surface area contributed by atoms with Gasteiger partial charge in [0.15, 0.2) is 0 Å². The minimum Gasteiger partial charge on any atom is -0.464 e. The van der Waals surface area contributed by atoms with Crippen LogP contribution in [0.15, 0.2) is 41.6 Å². The van der Waals surface area contributed by atoms with E-state index in [9.17, 15) is 14.4 Å². The number of alkyl carbamates (subject to hydrolysis) is 1. The van der Waals surface area contributed by atoms with Crippen molar-refractivity contribution in [3.8, 4) is 0 Å². The molecule has 0 radical (unpaired) electrons. The number of hydrogen-bond acceptors (Lipinski definition) is 5. The quantitative estimate of drug-likeness (QED) is 0.537. The number of methoxy groups -OCH3 is 1. The van der Waals surface area contributed by atoms with Gasteiger partial charge in [-0.3, -0.25) is 4.79 Å². The van der Waals surface area contributed by atoms with Crippen molar-refractivity contribution in [2.75, 3.05) is 7.11 Å². The van der Waals surface area contributed by atoms with Crippen LogP contribution in [0.2, 0.25) is 0 Å². The van der Waals surface area contributed by atoms with Gasteiger partial charge in [0, 0.05) is 0 Å². The number of amides is 2. The van der Waals surface area contributed by atoms with Crippen molar-refractivity contribution >= 4 is 18.0 Å². The van der Waals surface area contributed by atoms with Gasteiger partial charge in [-0.2, -0.15) is 0 Å². The van der Waals surface area contributed by atoms with E-state index in [1.54, 1.807) is 13.8 Å². The van der Waals surface area contributed by atoms with Crippen LogP contribution in [0.1, 0.15) is 39.7 Å². The SMILES string of the molecule is COC(=O)C(NC(=O)[C@H](CC(C)C)NC(=O)OCc1ccccc1)=C(C)C. The zero-order chi connectivity index (χ0) is 20.4. The Morgan fingerprint density at radius 1 is 1.07 bits per heavy atom. The molecule has 1 rings (SSSR count). The summed E-state index contributed by atoms with van der Waals surface area (Å²) in [6.07, 6.45) is -0.305. The smallest absolute Gasteiger partial charge is 0.408 e. The van der Waals surface area contributed by atoms with Crippen molar-refractivity contribution in [1.29, 1.82) is 0 Å². The molecule has 7 nitrogen and oxygen atoms in total. The van der Waals surface area contributed by atoms with Crippen molar-refractivity contribution in [3.63, 3.8) is 0 Å². The fourth-order valence-electron chi connectivity index (χ4n) is 2.30. The van der Waals surface area contributed by atoms with Crippen LogP contribution < -0.4 is 10.6 Å². The molecule has 0 aromatic heterocycles. The number of nitrogens with one attached hydrogen (secondary N) is 2. The van der Waals surface area contributed by atoms with Crippen LogP contribution in [0.5, 0.6) is 0 Å². The Morgan fingerprint density at radius 2 is 1.70 bits per heavy atom. The van der Waals surface area contributed by atoms with Crippen LogP contribution in [0.3, 0.4) is 0 Å². The van der Waals surface area contributed by atoms with Crippen LogP contribution in [-0.4, -0.2) is 31.1 Å². The maximum atomic E-state index is 12.6. The Hall–Kier alpha value is -2.83. The molecular formula is C20H28N2O5. The lowest BCUT2D eigenvalue weighted by Gasteiger charge is -2.21. The normalized spacial score (nSPS) is 11.3. The molecule has 1 aromatic rings. The average Bonchev–Trinajstić information content (AvgIpc) is 2.63. The fourth-order valence-corrected chi connectivity index (χ4v) is 2.30. The number of carbonyl (C=O) groups excluding carboxylic acids is 3. The van der Waals surface area contributed by atoms with Gasteiger partial charge in [-0.15, -0.1) is 0 Å². The maximum Gasteiger partial charge on any atom is 0.408 e. The van der Waals surface area contributed by atoms with Crippen molar-refractivity contribution in [1.82, 2.24) is 10.6 Å². The molecule has 0 fully saturated rings. The number of esters is 1. The second-order valence-corrected chi connectivity index (χ2v) is 6.74. The predicted octanol–water partition coefficient (Wildman–Crippen LogP) is 2.91. The van der Waals surface area contributed by atoms with E-state index in [0.717, 1.165) is 5.56 Å². The molecule has 2 N–H and O–H groups in total. The lowest BCUT2D eigenvalue weighted by Crippen LogP contribution is -2.48. The van der Waals surface area contributed by atoms with Crippen LogP contribution in [0.4, 0.5) is 4.79 Å². The molecule has 2 amide bonds. The second-order valence-electron chi connectivity index (χ2n) is 6.74. The monoisotopic (exact) mass is 376 g/mol. The predicted molar refractivity (Wildman–Crippen MR) is 102 cm³/mol. The number of hydrogen-bond donors (Lipinski definition) is 2. The summed E-state index contributed by atoms with van der Waals surface area (Å²) in [6, 6.07) is 8.40. The number of ether oxygens (including phenoxy) is 2. The summed E-state index contributed by atoms with van der Waals surface area (Å²) in [5.41, 5.74) is 1.51. The van der Waals surface area contributed by atoms with E-state index in [1.807, 2.05) is 44.2 Å². The molecule has 0 heterocycles. The average molecular weight is 376 g/mol. The first-order chi connectivity index (χ1) is 12.7. The summed E-state index contributed by atoms with van der Waals surface area (Å²) < 4.78 is 9.86. The van der Waals surface area contributed by atoms with Gasteiger partial charge in [-0.05, 0) is 37.3 Å². The molecule has 0 bridgehead atoms. The number of carbonyl (C=O) groups is 3. The Morgan fingerprint density at radius 3 is 2.22 bits per heavy atom. The first-order valence-corrected chi connectivity index (χ1v) is 8.78. The molecule has 7 heteroatoms.